The molecule has 3 fully saturated rings. The van der Waals surface area contributed by atoms with Gasteiger partial charge in [0.05, 0.1) is 32.8 Å². The van der Waals surface area contributed by atoms with Crippen molar-refractivity contribution in [2.75, 3.05) is 32.8 Å². The maximum atomic E-state index is 12.5. The molecule has 3 heterocycles. The third-order valence-corrected chi connectivity index (χ3v) is 8.44. The zero-order chi connectivity index (χ0) is 22.8. The van der Waals surface area contributed by atoms with Crippen LogP contribution in [0.15, 0.2) is 84.9 Å². The summed E-state index contributed by atoms with van der Waals surface area (Å²) in [5, 5.41) is 12.5. The molecule has 3 aromatic carbocycles. The lowest BCUT2D eigenvalue weighted by atomic mass is 9.56. The van der Waals surface area contributed by atoms with E-state index in [1.54, 1.807) is 0 Å². The Labute approximate surface area is 198 Å². The number of benzene rings is 3. The van der Waals surface area contributed by atoms with Crippen LogP contribution in [-0.2, 0) is 16.9 Å². The normalized spacial score (nSPS) is 24.7. The van der Waals surface area contributed by atoms with E-state index in [1.807, 2.05) is 12.1 Å². The van der Waals surface area contributed by atoms with Crippen molar-refractivity contribution in [3.63, 3.8) is 0 Å². The summed E-state index contributed by atoms with van der Waals surface area (Å²) in [6.07, 6.45) is 3.14. The summed E-state index contributed by atoms with van der Waals surface area (Å²) >= 11 is 0. The first-order valence-corrected chi connectivity index (χ1v) is 12.4. The number of hydrogen-bond acceptors (Lipinski definition) is 2. The summed E-state index contributed by atoms with van der Waals surface area (Å²) in [4.78, 5) is 0. The lowest BCUT2D eigenvalue weighted by molar-refractivity contribution is -0.946. The SMILES string of the molecule is Cc1ccc(COCC[N+]23CCC(C(O)(c4ccccc4)c4ccccc4)(CC2)CC3)cc1. The van der Waals surface area contributed by atoms with Crippen molar-refractivity contribution < 1.29 is 14.3 Å². The van der Waals surface area contributed by atoms with Gasteiger partial charge in [0.1, 0.15) is 12.1 Å². The van der Waals surface area contributed by atoms with Gasteiger partial charge >= 0.3 is 0 Å². The van der Waals surface area contributed by atoms with Crippen LogP contribution in [0.4, 0.5) is 0 Å². The van der Waals surface area contributed by atoms with Crippen LogP contribution < -0.4 is 0 Å². The van der Waals surface area contributed by atoms with Crippen LogP contribution in [0.1, 0.15) is 41.5 Å². The van der Waals surface area contributed by atoms with Gasteiger partial charge in [-0.25, -0.2) is 0 Å². The summed E-state index contributed by atoms with van der Waals surface area (Å²) in [7, 11) is 0. The minimum absolute atomic E-state index is 0.113. The summed E-state index contributed by atoms with van der Waals surface area (Å²) in [5.74, 6) is 0. The molecule has 0 amide bonds. The second kappa shape index (κ2) is 9.06. The molecule has 0 radical (unpaired) electrons. The van der Waals surface area contributed by atoms with Crippen molar-refractivity contribution >= 4 is 0 Å². The fourth-order valence-electron chi connectivity index (χ4n) is 6.21. The molecule has 3 aliphatic heterocycles. The Hall–Kier alpha value is -2.46. The number of aryl methyl sites for hydroxylation is 1. The van der Waals surface area contributed by atoms with E-state index in [2.05, 4.69) is 79.7 Å². The average molecular weight is 443 g/mol. The Morgan fingerprint density at radius 3 is 1.82 bits per heavy atom. The Balaban J connectivity index is 1.28. The van der Waals surface area contributed by atoms with Crippen LogP contribution in [0, 0.1) is 12.3 Å². The Bertz CT molecular complexity index is 982. The number of hydrogen-bond donors (Lipinski definition) is 1. The number of fused-ring (bicyclic) bond motifs is 3. The van der Waals surface area contributed by atoms with Crippen molar-refractivity contribution in [3.05, 3.63) is 107 Å². The van der Waals surface area contributed by atoms with Crippen LogP contribution in [0.2, 0.25) is 0 Å². The van der Waals surface area contributed by atoms with Crippen LogP contribution in [0.3, 0.4) is 0 Å². The highest BCUT2D eigenvalue weighted by molar-refractivity contribution is 5.39. The molecule has 3 aromatic rings. The van der Waals surface area contributed by atoms with E-state index in [9.17, 15) is 5.11 Å². The van der Waals surface area contributed by atoms with Gasteiger partial charge in [-0.05, 0) is 23.6 Å². The maximum Gasteiger partial charge on any atom is 0.121 e. The van der Waals surface area contributed by atoms with E-state index < -0.39 is 5.60 Å². The van der Waals surface area contributed by atoms with Gasteiger partial charge in [-0.1, -0.05) is 90.5 Å². The van der Waals surface area contributed by atoms with Crippen molar-refractivity contribution in [1.82, 2.24) is 0 Å². The zero-order valence-electron chi connectivity index (χ0n) is 19.7. The van der Waals surface area contributed by atoms with Gasteiger partial charge in [0.2, 0.25) is 0 Å². The molecule has 3 saturated heterocycles. The second-order valence-electron chi connectivity index (χ2n) is 10.2. The van der Waals surface area contributed by atoms with Crippen LogP contribution in [0.25, 0.3) is 0 Å². The number of rotatable bonds is 8. The van der Waals surface area contributed by atoms with Gasteiger partial charge < -0.3 is 14.3 Å². The highest BCUT2D eigenvalue weighted by atomic mass is 16.5. The van der Waals surface area contributed by atoms with E-state index >= 15 is 0 Å². The zero-order valence-corrected chi connectivity index (χ0v) is 19.7. The number of aliphatic hydroxyl groups is 1. The Morgan fingerprint density at radius 1 is 0.788 bits per heavy atom. The van der Waals surface area contributed by atoms with E-state index in [0.29, 0.717) is 6.61 Å². The number of quaternary nitrogens is 1. The first kappa shape index (κ1) is 22.3. The molecule has 172 valence electrons. The van der Waals surface area contributed by atoms with Gasteiger partial charge in [-0.2, -0.15) is 0 Å². The van der Waals surface area contributed by atoms with Crippen molar-refractivity contribution in [1.29, 1.82) is 0 Å². The summed E-state index contributed by atoms with van der Waals surface area (Å²) in [5.41, 5.74) is 3.52. The lowest BCUT2D eigenvalue weighted by Crippen LogP contribution is -2.67. The number of piperidine rings is 3. The lowest BCUT2D eigenvalue weighted by Gasteiger charge is -2.60. The fraction of sp³-hybridized carbons (Fsp3) is 0.400. The molecule has 0 aliphatic carbocycles. The molecular weight excluding hydrogens is 406 g/mol. The molecule has 1 N–H and O–H groups in total. The molecule has 2 bridgehead atoms. The average Bonchev–Trinajstić information content (AvgIpc) is 2.89. The van der Waals surface area contributed by atoms with Gasteiger partial charge in [-0.15, -0.1) is 0 Å². The van der Waals surface area contributed by atoms with E-state index in [0.717, 1.165) is 67.7 Å². The minimum atomic E-state index is -0.950. The Kier molecular flexibility index (Phi) is 6.13. The van der Waals surface area contributed by atoms with Gasteiger partial charge in [0, 0.05) is 24.7 Å². The molecule has 0 saturated carbocycles. The monoisotopic (exact) mass is 442 g/mol. The molecule has 0 unspecified atom stereocenters. The third kappa shape index (κ3) is 4.14. The largest absolute Gasteiger partial charge is 0.380 e. The number of nitrogens with zero attached hydrogens (tertiary/aromatic N) is 1. The van der Waals surface area contributed by atoms with Crippen LogP contribution >= 0.6 is 0 Å². The first-order chi connectivity index (χ1) is 16.1. The quantitative estimate of drug-likeness (QED) is 0.371. The van der Waals surface area contributed by atoms with Crippen molar-refractivity contribution in [2.45, 2.75) is 38.4 Å². The molecular formula is C30H36NO2+. The molecule has 0 atom stereocenters. The minimum Gasteiger partial charge on any atom is -0.380 e. The predicted octanol–water partition coefficient (Wildman–Crippen LogP) is 5.45. The molecule has 0 spiro atoms. The molecule has 3 nitrogen and oxygen atoms in total. The van der Waals surface area contributed by atoms with Gasteiger partial charge in [0.25, 0.3) is 0 Å². The Morgan fingerprint density at radius 2 is 1.30 bits per heavy atom. The number of ether oxygens (including phenoxy) is 1. The third-order valence-electron chi connectivity index (χ3n) is 8.44. The summed E-state index contributed by atoms with van der Waals surface area (Å²) in [6, 6.07) is 29.3. The smallest absolute Gasteiger partial charge is 0.121 e. The van der Waals surface area contributed by atoms with E-state index in [-0.39, 0.29) is 5.41 Å². The predicted molar refractivity (Wildman–Crippen MR) is 133 cm³/mol. The molecule has 33 heavy (non-hydrogen) atoms. The van der Waals surface area contributed by atoms with E-state index in [1.165, 1.54) is 11.1 Å². The molecule has 0 aromatic heterocycles. The van der Waals surface area contributed by atoms with Crippen molar-refractivity contribution in [2.24, 2.45) is 5.41 Å². The molecule has 3 aliphatic rings. The highest BCUT2D eigenvalue weighted by Gasteiger charge is 2.60. The maximum absolute atomic E-state index is 12.5. The summed E-state index contributed by atoms with van der Waals surface area (Å²) < 4.78 is 7.21. The van der Waals surface area contributed by atoms with Crippen molar-refractivity contribution in [3.8, 4) is 0 Å². The van der Waals surface area contributed by atoms with Gasteiger partial charge in [0.15, 0.2) is 0 Å². The second-order valence-corrected chi connectivity index (χ2v) is 10.2. The summed E-state index contributed by atoms with van der Waals surface area (Å²) in [6.45, 7) is 8.03. The first-order valence-electron chi connectivity index (χ1n) is 12.4. The highest BCUT2D eigenvalue weighted by Crippen LogP contribution is 2.57. The molecule has 3 heteroatoms. The topological polar surface area (TPSA) is 29.5 Å². The standard InChI is InChI=1S/C30H36NO2/c1-25-12-14-26(15-13-25)24-33-23-22-31-19-16-29(17-20-31,18-21-31)30(32,27-8-4-2-5-9-27)28-10-6-3-7-11-28/h2-15,32H,16-24H2,1H3/q+1. The van der Waals surface area contributed by atoms with Crippen LogP contribution in [0.5, 0.6) is 0 Å². The van der Waals surface area contributed by atoms with Gasteiger partial charge in [-0.3, -0.25) is 0 Å². The molecule has 6 rings (SSSR count). The fourth-order valence-corrected chi connectivity index (χ4v) is 6.21. The van der Waals surface area contributed by atoms with Crippen LogP contribution in [-0.4, -0.2) is 42.4 Å². The van der Waals surface area contributed by atoms with E-state index in [4.69, 9.17) is 4.74 Å².